The van der Waals surface area contributed by atoms with Crippen molar-refractivity contribution < 1.29 is 4.79 Å². The molecule has 0 spiro atoms. The highest BCUT2D eigenvalue weighted by molar-refractivity contribution is 5.99. The monoisotopic (exact) mass is 151 g/mol. The number of Topliss-reactive ketones (excluding diaryl/α,β-unsaturated/α-hetero) is 1. The Morgan fingerprint density at radius 1 is 1.55 bits per heavy atom. The first kappa shape index (κ1) is 8.29. The lowest BCUT2D eigenvalue weighted by molar-refractivity contribution is -0.122. The molecule has 2 heteroatoms. The third kappa shape index (κ3) is 1.29. The summed E-state index contributed by atoms with van der Waals surface area (Å²) in [4.78, 5) is 11.3. The number of ketones is 1. The predicted molar refractivity (Wildman–Crippen MR) is 43.8 cm³/mol. The van der Waals surface area contributed by atoms with Gasteiger partial charge in [0.05, 0.1) is 5.41 Å². The molecule has 0 atom stereocenters. The molecule has 1 saturated carbocycles. The molecule has 0 aromatic heterocycles. The molecule has 0 aromatic rings. The minimum absolute atomic E-state index is 0.0995. The Hall–Kier alpha value is -0.810. The largest absolute Gasteiger partial charge is 0.329 e. The molecule has 0 aromatic carbocycles. The van der Waals surface area contributed by atoms with Crippen molar-refractivity contribution >= 4 is 5.78 Å². The quantitative estimate of drug-likeness (QED) is 0.466. The van der Waals surface area contributed by atoms with E-state index in [1.807, 2.05) is 0 Å². The Kier molecular flexibility index (Phi) is 2.31. The van der Waals surface area contributed by atoms with Crippen LogP contribution in [0.1, 0.15) is 25.7 Å². The topological polar surface area (TPSA) is 43.1 Å². The van der Waals surface area contributed by atoms with Gasteiger partial charge in [0.2, 0.25) is 5.78 Å². The molecular weight excluding hydrogens is 138 g/mol. The van der Waals surface area contributed by atoms with Gasteiger partial charge in [-0.3, -0.25) is 4.79 Å². The molecular formula is C9H13NO. The minimum atomic E-state index is -0.352. The van der Waals surface area contributed by atoms with Gasteiger partial charge in [-0.15, -0.1) is 6.42 Å². The van der Waals surface area contributed by atoms with Crippen molar-refractivity contribution in [3.8, 4) is 12.3 Å². The molecule has 1 aliphatic carbocycles. The first-order valence-electron chi connectivity index (χ1n) is 3.96. The number of carbonyl (C=O) groups excluding carboxylic acids is 1. The summed E-state index contributed by atoms with van der Waals surface area (Å²) < 4.78 is 0. The second-order valence-electron chi connectivity index (χ2n) is 3.17. The second kappa shape index (κ2) is 3.06. The van der Waals surface area contributed by atoms with Crippen LogP contribution in [0.5, 0.6) is 0 Å². The molecule has 2 N–H and O–H groups in total. The number of carbonyl (C=O) groups is 1. The lowest BCUT2D eigenvalue weighted by Crippen LogP contribution is -2.35. The third-order valence-corrected chi connectivity index (χ3v) is 2.56. The van der Waals surface area contributed by atoms with Gasteiger partial charge in [-0.2, -0.15) is 0 Å². The SMILES string of the molecule is C#CC(=O)C1(CN)CCCC1. The van der Waals surface area contributed by atoms with Crippen LogP contribution in [0.25, 0.3) is 0 Å². The molecule has 0 aliphatic heterocycles. The van der Waals surface area contributed by atoms with E-state index in [-0.39, 0.29) is 11.2 Å². The maximum atomic E-state index is 11.3. The average molecular weight is 151 g/mol. The van der Waals surface area contributed by atoms with Crippen LogP contribution in [0, 0.1) is 17.8 Å². The summed E-state index contributed by atoms with van der Waals surface area (Å²) in [6, 6.07) is 0. The lowest BCUT2D eigenvalue weighted by Gasteiger charge is -2.21. The average Bonchev–Trinajstić information content (AvgIpc) is 2.52. The Balaban J connectivity index is 2.76. The highest BCUT2D eigenvalue weighted by Gasteiger charge is 2.38. The van der Waals surface area contributed by atoms with Gasteiger partial charge in [-0.25, -0.2) is 0 Å². The Labute approximate surface area is 67.2 Å². The molecule has 60 valence electrons. The number of rotatable bonds is 2. The van der Waals surface area contributed by atoms with Gasteiger partial charge in [-0.1, -0.05) is 12.8 Å². The summed E-state index contributed by atoms with van der Waals surface area (Å²) in [5, 5.41) is 0. The first-order chi connectivity index (χ1) is 5.25. The first-order valence-corrected chi connectivity index (χ1v) is 3.96. The van der Waals surface area contributed by atoms with Crippen molar-refractivity contribution in [3.63, 3.8) is 0 Å². The van der Waals surface area contributed by atoms with Gasteiger partial charge in [0.15, 0.2) is 0 Å². The molecule has 1 rings (SSSR count). The van der Waals surface area contributed by atoms with Gasteiger partial charge >= 0.3 is 0 Å². The molecule has 1 aliphatic rings. The van der Waals surface area contributed by atoms with Crippen molar-refractivity contribution in [2.75, 3.05) is 6.54 Å². The molecule has 0 radical (unpaired) electrons. The van der Waals surface area contributed by atoms with Crippen LogP contribution < -0.4 is 5.73 Å². The zero-order chi connectivity index (χ0) is 8.32. The zero-order valence-electron chi connectivity index (χ0n) is 6.60. The molecule has 0 heterocycles. The summed E-state index contributed by atoms with van der Waals surface area (Å²) >= 11 is 0. The van der Waals surface area contributed by atoms with Crippen molar-refractivity contribution in [2.24, 2.45) is 11.1 Å². The van der Waals surface area contributed by atoms with Crippen LogP contribution in [-0.4, -0.2) is 12.3 Å². The van der Waals surface area contributed by atoms with Crippen LogP contribution in [0.15, 0.2) is 0 Å². The minimum Gasteiger partial charge on any atom is -0.329 e. The van der Waals surface area contributed by atoms with Gasteiger partial charge < -0.3 is 5.73 Å². The van der Waals surface area contributed by atoms with Crippen LogP contribution >= 0.6 is 0 Å². The Bertz CT molecular complexity index is 196. The van der Waals surface area contributed by atoms with E-state index in [1.165, 1.54) is 0 Å². The lowest BCUT2D eigenvalue weighted by atomic mass is 9.82. The number of nitrogens with two attached hydrogens (primary N) is 1. The van der Waals surface area contributed by atoms with Crippen molar-refractivity contribution in [1.82, 2.24) is 0 Å². The summed E-state index contributed by atoms with van der Waals surface area (Å²) in [6.07, 6.45) is 9.00. The molecule has 2 nitrogen and oxygen atoms in total. The van der Waals surface area contributed by atoms with E-state index >= 15 is 0 Å². The summed E-state index contributed by atoms with van der Waals surface area (Å²) in [6.45, 7) is 0.413. The predicted octanol–water partition coefficient (Wildman–Crippen LogP) is 0.708. The van der Waals surface area contributed by atoms with Crippen molar-refractivity contribution in [1.29, 1.82) is 0 Å². The van der Waals surface area contributed by atoms with E-state index < -0.39 is 0 Å². The Morgan fingerprint density at radius 2 is 2.09 bits per heavy atom. The fourth-order valence-electron chi connectivity index (χ4n) is 1.73. The van der Waals surface area contributed by atoms with Crippen LogP contribution in [0.3, 0.4) is 0 Å². The maximum Gasteiger partial charge on any atom is 0.212 e. The fraction of sp³-hybridized carbons (Fsp3) is 0.667. The van der Waals surface area contributed by atoms with Crippen LogP contribution in [0.4, 0.5) is 0 Å². The van der Waals surface area contributed by atoms with E-state index in [1.54, 1.807) is 0 Å². The summed E-state index contributed by atoms with van der Waals surface area (Å²) in [7, 11) is 0. The van der Waals surface area contributed by atoms with Crippen LogP contribution in [-0.2, 0) is 4.79 Å². The van der Waals surface area contributed by atoms with E-state index in [2.05, 4.69) is 5.92 Å². The van der Waals surface area contributed by atoms with Gasteiger partial charge in [0, 0.05) is 6.54 Å². The van der Waals surface area contributed by atoms with Gasteiger partial charge in [0.25, 0.3) is 0 Å². The second-order valence-corrected chi connectivity index (χ2v) is 3.17. The van der Waals surface area contributed by atoms with E-state index in [0.717, 1.165) is 25.7 Å². The summed E-state index contributed by atoms with van der Waals surface area (Å²) in [5.41, 5.74) is 5.18. The molecule has 1 fully saturated rings. The van der Waals surface area contributed by atoms with E-state index in [0.29, 0.717) is 6.54 Å². The smallest absolute Gasteiger partial charge is 0.212 e. The molecule has 0 amide bonds. The highest BCUT2D eigenvalue weighted by atomic mass is 16.1. The number of hydrogen-bond acceptors (Lipinski definition) is 2. The van der Waals surface area contributed by atoms with Crippen LogP contribution in [0.2, 0.25) is 0 Å². The normalized spacial score (nSPS) is 21.1. The molecule has 0 bridgehead atoms. The van der Waals surface area contributed by atoms with E-state index in [4.69, 9.17) is 12.2 Å². The standard InChI is InChI=1S/C9H13NO/c1-2-8(11)9(7-10)5-3-4-6-9/h1H,3-7,10H2. The van der Waals surface area contributed by atoms with Crippen molar-refractivity contribution in [2.45, 2.75) is 25.7 Å². The maximum absolute atomic E-state index is 11.3. The third-order valence-electron chi connectivity index (χ3n) is 2.56. The summed E-state index contributed by atoms with van der Waals surface area (Å²) in [5.74, 6) is 2.08. The van der Waals surface area contributed by atoms with Gasteiger partial charge in [-0.05, 0) is 18.8 Å². The number of terminal acetylenes is 1. The van der Waals surface area contributed by atoms with E-state index in [9.17, 15) is 4.79 Å². The molecule has 0 saturated heterocycles. The fourth-order valence-corrected chi connectivity index (χ4v) is 1.73. The van der Waals surface area contributed by atoms with Crippen molar-refractivity contribution in [3.05, 3.63) is 0 Å². The zero-order valence-corrected chi connectivity index (χ0v) is 6.60. The molecule has 0 unspecified atom stereocenters. The van der Waals surface area contributed by atoms with Gasteiger partial charge in [0.1, 0.15) is 0 Å². The highest BCUT2D eigenvalue weighted by Crippen LogP contribution is 2.37. The molecule has 11 heavy (non-hydrogen) atoms. The Morgan fingerprint density at radius 3 is 2.45 bits per heavy atom. The number of hydrogen-bond donors (Lipinski definition) is 1.